The first kappa shape index (κ1) is 14.9. The molecular weight excluding hydrogens is 276 g/mol. The third kappa shape index (κ3) is 4.22. The minimum Gasteiger partial charge on any atom is -0.480 e. The predicted octanol–water partition coefficient (Wildman–Crippen LogP) is 1.38. The number of nitro benzene ring substituents is 1. The Kier molecular flexibility index (Phi) is 4.82. The van der Waals surface area contributed by atoms with Crippen LogP contribution in [-0.4, -0.2) is 27.9 Å². The monoisotopic (exact) mass is 286 g/mol. The summed E-state index contributed by atoms with van der Waals surface area (Å²) in [5, 5.41) is 21.5. The van der Waals surface area contributed by atoms with Crippen molar-refractivity contribution >= 4 is 29.2 Å². The second-order valence-corrected chi connectivity index (χ2v) is 4.24. The molecule has 0 unspecified atom stereocenters. The fourth-order valence-corrected chi connectivity index (χ4v) is 1.56. The van der Waals surface area contributed by atoms with Gasteiger partial charge in [-0.2, -0.15) is 0 Å². The van der Waals surface area contributed by atoms with Crippen LogP contribution >= 0.6 is 11.6 Å². The zero-order valence-electron chi connectivity index (χ0n) is 9.92. The second kappa shape index (κ2) is 6.14. The number of hydrogen-bond acceptors (Lipinski definition) is 4. The maximum atomic E-state index is 11.5. The standard InChI is InChI=1S/C11H11ClN2O5/c1-6(11(16)17)13-10(15)4-7-2-3-8(14(18)19)5-9(7)12/h2-3,5-6H,4H2,1H3,(H,13,15)(H,16,17)/t6-/m1/s1. The fourth-order valence-electron chi connectivity index (χ4n) is 1.32. The van der Waals surface area contributed by atoms with E-state index in [0.717, 1.165) is 6.07 Å². The molecule has 1 atom stereocenters. The Morgan fingerprint density at radius 3 is 2.63 bits per heavy atom. The highest BCUT2D eigenvalue weighted by Gasteiger charge is 2.16. The van der Waals surface area contributed by atoms with E-state index in [4.69, 9.17) is 16.7 Å². The summed E-state index contributed by atoms with van der Waals surface area (Å²) in [5.74, 6) is -1.67. The quantitative estimate of drug-likeness (QED) is 0.627. The number of amides is 1. The normalized spacial score (nSPS) is 11.7. The lowest BCUT2D eigenvalue weighted by molar-refractivity contribution is -0.384. The molecule has 1 aromatic carbocycles. The van der Waals surface area contributed by atoms with E-state index in [9.17, 15) is 19.7 Å². The molecule has 0 saturated heterocycles. The van der Waals surface area contributed by atoms with Crippen molar-refractivity contribution in [3.8, 4) is 0 Å². The summed E-state index contributed by atoms with van der Waals surface area (Å²) in [6.07, 6.45) is -0.144. The van der Waals surface area contributed by atoms with Gasteiger partial charge < -0.3 is 10.4 Å². The highest BCUT2D eigenvalue weighted by atomic mass is 35.5. The molecule has 1 amide bonds. The molecule has 0 aliphatic rings. The second-order valence-electron chi connectivity index (χ2n) is 3.84. The van der Waals surface area contributed by atoms with Gasteiger partial charge in [-0.25, -0.2) is 0 Å². The maximum absolute atomic E-state index is 11.5. The van der Waals surface area contributed by atoms with E-state index < -0.39 is 22.8 Å². The highest BCUT2D eigenvalue weighted by molar-refractivity contribution is 6.31. The minimum absolute atomic E-state index is 0.0901. The van der Waals surface area contributed by atoms with Crippen molar-refractivity contribution in [1.82, 2.24) is 5.32 Å². The highest BCUT2D eigenvalue weighted by Crippen LogP contribution is 2.22. The van der Waals surface area contributed by atoms with Gasteiger partial charge in [0.15, 0.2) is 0 Å². The van der Waals surface area contributed by atoms with Crippen LogP contribution in [0.1, 0.15) is 12.5 Å². The predicted molar refractivity (Wildman–Crippen MR) is 67.1 cm³/mol. The molecule has 19 heavy (non-hydrogen) atoms. The molecule has 0 radical (unpaired) electrons. The van der Waals surface area contributed by atoms with E-state index in [0.29, 0.717) is 5.56 Å². The first-order valence-corrected chi connectivity index (χ1v) is 5.64. The number of non-ortho nitro benzene ring substituents is 1. The molecule has 0 aromatic heterocycles. The maximum Gasteiger partial charge on any atom is 0.325 e. The van der Waals surface area contributed by atoms with Gasteiger partial charge in [-0.1, -0.05) is 17.7 Å². The van der Waals surface area contributed by atoms with Gasteiger partial charge in [-0.3, -0.25) is 19.7 Å². The number of carbonyl (C=O) groups excluding carboxylic acids is 1. The lowest BCUT2D eigenvalue weighted by Crippen LogP contribution is -2.39. The number of carboxylic acids is 1. The topological polar surface area (TPSA) is 110 Å². The summed E-state index contributed by atoms with van der Waals surface area (Å²) in [5.41, 5.74) is 0.218. The zero-order chi connectivity index (χ0) is 14.6. The number of carbonyl (C=O) groups is 2. The molecule has 0 heterocycles. The van der Waals surface area contributed by atoms with Gasteiger partial charge in [0.25, 0.3) is 5.69 Å². The van der Waals surface area contributed by atoms with Crippen LogP contribution in [0.5, 0.6) is 0 Å². The Hall–Kier alpha value is -2.15. The Labute approximate surface area is 113 Å². The van der Waals surface area contributed by atoms with Gasteiger partial charge in [-0.05, 0) is 12.5 Å². The number of nitrogens with zero attached hydrogens (tertiary/aromatic N) is 1. The van der Waals surface area contributed by atoms with E-state index >= 15 is 0 Å². The molecule has 7 nitrogen and oxygen atoms in total. The number of halogens is 1. The molecule has 0 fully saturated rings. The Balaban J connectivity index is 2.75. The Morgan fingerprint density at radius 1 is 1.53 bits per heavy atom. The molecule has 102 valence electrons. The van der Waals surface area contributed by atoms with E-state index in [1.54, 1.807) is 0 Å². The minimum atomic E-state index is -1.15. The number of nitro groups is 1. The first-order valence-electron chi connectivity index (χ1n) is 5.26. The van der Waals surface area contributed by atoms with Crippen molar-refractivity contribution in [3.05, 3.63) is 38.9 Å². The van der Waals surface area contributed by atoms with Crippen molar-refractivity contribution in [2.75, 3.05) is 0 Å². The van der Waals surface area contributed by atoms with Gasteiger partial charge >= 0.3 is 5.97 Å². The average Bonchev–Trinajstić information content (AvgIpc) is 2.31. The van der Waals surface area contributed by atoms with Gasteiger partial charge in [-0.15, -0.1) is 0 Å². The van der Waals surface area contributed by atoms with Crippen LogP contribution in [0.4, 0.5) is 5.69 Å². The summed E-state index contributed by atoms with van der Waals surface area (Å²) in [6, 6.07) is 2.73. The van der Waals surface area contributed by atoms with Crippen LogP contribution in [0.15, 0.2) is 18.2 Å². The fraction of sp³-hybridized carbons (Fsp3) is 0.273. The van der Waals surface area contributed by atoms with Crippen LogP contribution in [0.25, 0.3) is 0 Å². The number of rotatable bonds is 5. The molecular formula is C11H11ClN2O5. The van der Waals surface area contributed by atoms with Crippen molar-refractivity contribution < 1.29 is 19.6 Å². The summed E-state index contributed by atoms with van der Waals surface area (Å²) in [6.45, 7) is 1.33. The van der Waals surface area contributed by atoms with Gasteiger partial charge in [0.1, 0.15) is 6.04 Å². The first-order chi connectivity index (χ1) is 8.81. The molecule has 0 aliphatic carbocycles. The molecule has 1 aromatic rings. The number of nitrogens with one attached hydrogen (secondary N) is 1. The van der Waals surface area contributed by atoms with Crippen LogP contribution in [0, 0.1) is 10.1 Å². The molecule has 0 saturated carbocycles. The Bertz CT molecular complexity index is 532. The van der Waals surface area contributed by atoms with Crippen molar-refractivity contribution in [3.63, 3.8) is 0 Å². The van der Waals surface area contributed by atoms with Gasteiger partial charge in [0.05, 0.1) is 16.4 Å². The van der Waals surface area contributed by atoms with Crippen molar-refractivity contribution in [2.45, 2.75) is 19.4 Å². The molecule has 0 aliphatic heterocycles. The number of benzene rings is 1. The van der Waals surface area contributed by atoms with Crippen molar-refractivity contribution in [2.24, 2.45) is 0 Å². The van der Waals surface area contributed by atoms with Crippen LogP contribution < -0.4 is 5.32 Å². The van der Waals surface area contributed by atoms with Gasteiger partial charge in [0, 0.05) is 12.1 Å². The van der Waals surface area contributed by atoms with E-state index in [1.165, 1.54) is 19.1 Å². The smallest absolute Gasteiger partial charge is 0.325 e. The third-order valence-electron chi connectivity index (χ3n) is 2.35. The average molecular weight is 287 g/mol. The van der Waals surface area contributed by atoms with Crippen molar-refractivity contribution in [1.29, 1.82) is 0 Å². The molecule has 0 spiro atoms. The molecule has 0 bridgehead atoms. The van der Waals surface area contributed by atoms with E-state index in [1.807, 2.05) is 0 Å². The zero-order valence-corrected chi connectivity index (χ0v) is 10.7. The summed E-state index contributed by atoms with van der Waals surface area (Å²) in [7, 11) is 0. The lowest BCUT2D eigenvalue weighted by Gasteiger charge is -2.09. The largest absolute Gasteiger partial charge is 0.480 e. The number of aliphatic carboxylic acids is 1. The molecule has 1 rings (SSSR count). The van der Waals surface area contributed by atoms with Gasteiger partial charge in [0.2, 0.25) is 5.91 Å². The summed E-state index contributed by atoms with van der Waals surface area (Å²) >= 11 is 5.82. The number of hydrogen-bond donors (Lipinski definition) is 2. The third-order valence-corrected chi connectivity index (χ3v) is 2.70. The lowest BCUT2D eigenvalue weighted by atomic mass is 10.1. The van der Waals surface area contributed by atoms with Crippen LogP contribution in [0.2, 0.25) is 5.02 Å². The molecule has 8 heteroatoms. The summed E-state index contributed by atoms with van der Waals surface area (Å²) in [4.78, 5) is 32.0. The molecule has 2 N–H and O–H groups in total. The van der Waals surface area contributed by atoms with Crippen LogP contribution in [-0.2, 0) is 16.0 Å². The Morgan fingerprint density at radius 2 is 2.16 bits per heavy atom. The van der Waals surface area contributed by atoms with E-state index in [-0.39, 0.29) is 17.1 Å². The van der Waals surface area contributed by atoms with Crippen LogP contribution in [0.3, 0.4) is 0 Å². The summed E-state index contributed by atoms with van der Waals surface area (Å²) < 4.78 is 0. The SMILES string of the molecule is C[C@@H](NC(=O)Cc1ccc([N+](=O)[O-])cc1Cl)C(=O)O. The van der Waals surface area contributed by atoms with E-state index in [2.05, 4.69) is 5.32 Å². The number of carboxylic acid groups (broad SMARTS) is 1.